The van der Waals surface area contributed by atoms with E-state index in [4.69, 9.17) is 4.74 Å². The van der Waals surface area contributed by atoms with Crippen molar-refractivity contribution < 1.29 is 9.53 Å². The Morgan fingerprint density at radius 2 is 1.91 bits per heavy atom. The summed E-state index contributed by atoms with van der Waals surface area (Å²) in [5.74, 6) is 2.51. The van der Waals surface area contributed by atoms with Crippen LogP contribution in [0.2, 0.25) is 0 Å². The van der Waals surface area contributed by atoms with E-state index in [1.54, 1.807) is 0 Å². The summed E-state index contributed by atoms with van der Waals surface area (Å²) in [5.41, 5.74) is 4.03. The predicted octanol–water partition coefficient (Wildman–Crippen LogP) is 2.69. The van der Waals surface area contributed by atoms with Crippen LogP contribution in [0.1, 0.15) is 28.3 Å². The maximum atomic E-state index is 12.1. The lowest BCUT2D eigenvalue weighted by molar-refractivity contribution is -0.123. The number of aromatic nitrogens is 3. The summed E-state index contributed by atoms with van der Waals surface area (Å²) in [6.07, 6.45) is 1.54. The molecule has 2 heterocycles. The number of nitrogens with zero attached hydrogens (tertiary/aromatic N) is 4. The molecule has 168 valence electrons. The van der Waals surface area contributed by atoms with Crippen LogP contribution in [0.3, 0.4) is 0 Å². The number of aryl methyl sites for hydroxylation is 2. The minimum atomic E-state index is -0.135. The highest BCUT2D eigenvalue weighted by Gasteiger charge is 2.19. The molecule has 1 aliphatic rings. The molecule has 0 saturated heterocycles. The van der Waals surface area contributed by atoms with Crippen molar-refractivity contribution in [1.82, 2.24) is 25.0 Å². The summed E-state index contributed by atoms with van der Waals surface area (Å²) < 4.78 is 7.71. The normalized spacial score (nSPS) is 13.9. The van der Waals surface area contributed by atoms with Gasteiger partial charge in [-0.1, -0.05) is 42.0 Å². The van der Waals surface area contributed by atoms with Gasteiger partial charge >= 0.3 is 0 Å². The number of ether oxygens (including phenoxy) is 1. The topological polar surface area (TPSA) is 72.3 Å². The third-order valence-electron chi connectivity index (χ3n) is 5.88. The molecule has 7 nitrogen and oxygen atoms in total. The number of hydrogen-bond acceptors (Lipinski definition) is 5. The second-order valence-corrected chi connectivity index (χ2v) is 8.34. The van der Waals surface area contributed by atoms with Gasteiger partial charge in [0.2, 0.25) is 0 Å². The number of hydrogen-bond donors (Lipinski definition) is 1. The van der Waals surface area contributed by atoms with Crippen LogP contribution >= 0.6 is 0 Å². The molecule has 0 fully saturated rings. The summed E-state index contributed by atoms with van der Waals surface area (Å²) in [5, 5.41) is 11.7. The summed E-state index contributed by atoms with van der Waals surface area (Å²) in [6.45, 7) is 8.61. The molecule has 0 atom stereocenters. The van der Waals surface area contributed by atoms with Gasteiger partial charge in [0.1, 0.15) is 17.4 Å². The molecule has 32 heavy (non-hydrogen) atoms. The molecule has 0 spiro atoms. The maximum Gasteiger partial charge on any atom is 0.257 e. The molecule has 0 unspecified atom stereocenters. The van der Waals surface area contributed by atoms with Crippen LogP contribution in [-0.4, -0.2) is 51.8 Å². The lowest BCUT2D eigenvalue weighted by Crippen LogP contribution is -2.31. The van der Waals surface area contributed by atoms with E-state index in [1.807, 2.05) is 30.3 Å². The van der Waals surface area contributed by atoms with Gasteiger partial charge in [-0.15, -0.1) is 10.2 Å². The van der Waals surface area contributed by atoms with Crippen molar-refractivity contribution in [2.45, 2.75) is 39.8 Å². The van der Waals surface area contributed by atoms with Gasteiger partial charge in [0.25, 0.3) is 5.91 Å². The largest absolute Gasteiger partial charge is 0.484 e. The zero-order chi connectivity index (χ0) is 22.3. The van der Waals surface area contributed by atoms with Crippen LogP contribution in [-0.2, 0) is 30.7 Å². The number of carbonyl (C=O) groups excluding carboxylic acids is 1. The molecule has 1 N–H and O–H groups in total. The molecule has 2 aromatic carbocycles. The van der Waals surface area contributed by atoms with E-state index in [0.717, 1.165) is 44.2 Å². The number of nitrogens with one attached hydrogen (secondary N) is 1. The van der Waals surface area contributed by atoms with Gasteiger partial charge in [-0.25, -0.2) is 0 Å². The van der Waals surface area contributed by atoms with Crippen LogP contribution < -0.4 is 10.1 Å². The van der Waals surface area contributed by atoms with Crippen molar-refractivity contribution >= 4 is 5.91 Å². The van der Waals surface area contributed by atoms with Gasteiger partial charge in [0, 0.05) is 45.6 Å². The van der Waals surface area contributed by atoms with Crippen molar-refractivity contribution in [2.75, 3.05) is 26.2 Å². The third-order valence-corrected chi connectivity index (χ3v) is 5.88. The Kier molecular flexibility index (Phi) is 7.17. The number of benzene rings is 2. The fourth-order valence-corrected chi connectivity index (χ4v) is 4.01. The first-order chi connectivity index (χ1) is 15.6. The SMILES string of the molecule is Cc1ccc(C)c(CN2CCc3nnc(CCNC(=O)COc4ccccc4)n3CC2)c1. The highest BCUT2D eigenvalue weighted by Crippen LogP contribution is 2.16. The monoisotopic (exact) mass is 433 g/mol. The predicted molar refractivity (Wildman–Crippen MR) is 124 cm³/mol. The zero-order valence-electron chi connectivity index (χ0n) is 18.9. The molecule has 1 aromatic heterocycles. The van der Waals surface area contributed by atoms with Crippen LogP contribution in [0.15, 0.2) is 48.5 Å². The molecular weight excluding hydrogens is 402 g/mol. The van der Waals surface area contributed by atoms with E-state index >= 15 is 0 Å². The molecule has 1 aliphatic heterocycles. The Balaban J connectivity index is 1.26. The van der Waals surface area contributed by atoms with Crippen molar-refractivity contribution in [1.29, 1.82) is 0 Å². The minimum Gasteiger partial charge on any atom is -0.484 e. The standard InChI is InChI=1S/C25H31N5O2/c1-19-8-9-20(2)21(16-19)17-29-13-11-24-28-27-23(30(24)15-14-29)10-12-26-25(31)18-32-22-6-4-3-5-7-22/h3-9,16H,10-15,17-18H2,1-2H3,(H,26,31). The second kappa shape index (κ2) is 10.4. The van der Waals surface area contributed by atoms with Gasteiger partial charge in [0.05, 0.1) is 0 Å². The Hall–Kier alpha value is -3.19. The number of carbonyl (C=O) groups is 1. The average Bonchev–Trinajstić information content (AvgIpc) is 3.07. The Morgan fingerprint density at radius 1 is 1.06 bits per heavy atom. The fraction of sp³-hybridized carbons (Fsp3) is 0.400. The highest BCUT2D eigenvalue weighted by molar-refractivity contribution is 5.77. The molecule has 0 saturated carbocycles. The lowest BCUT2D eigenvalue weighted by Gasteiger charge is -2.21. The molecule has 1 amide bonds. The average molecular weight is 434 g/mol. The molecule has 3 aromatic rings. The second-order valence-electron chi connectivity index (χ2n) is 8.34. The lowest BCUT2D eigenvalue weighted by atomic mass is 10.1. The highest BCUT2D eigenvalue weighted by atomic mass is 16.5. The van der Waals surface area contributed by atoms with E-state index in [2.05, 4.69) is 57.0 Å². The van der Waals surface area contributed by atoms with Crippen LogP contribution in [0.4, 0.5) is 0 Å². The Labute approximate surface area is 189 Å². The Morgan fingerprint density at radius 3 is 2.75 bits per heavy atom. The van der Waals surface area contributed by atoms with Crippen molar-refractivity contribution in [3.05, 3.63) is 76.9 Å². The van der Waals surface area contributed by atoms with Crippen molar-refractivity contribution in [3.8, 4) is 5.75 Å². The van der Waals surface area contributed by atoms with Gasteiger partial charge in [-0.05, 0) is 37.1 Å². The summed E-state index contributed by atoms with van der Waals surface area (Å²) in [7, 11) is 0. The maximum absolute atomic E-state index is 12.1. The molecule has 4 rings (SSSR count). The van der Waals surface area contributed by atoms with Gasteiger partial charge < -0.3 is 14.6 Å². The first-order valence-corrected chi connectivity index (χ1v) is 11.2. The van der Waals surface area contributed by atoms with Gasteiger partial charge in [0.15, 0.2) is 6.61 Å². The quantitative estimate of drug-likeness (QED) is 0.591. The minimum absolute atomic E-state index is 0.00922. The summed E-state index contributed by atoms with van der Waals surface area (Å²) in [4.78, 5) is 14.6. The number of fused-ring (bicyclic) bond motifs is 1. The molecule has 0 bridgehead atoms. The van der Waals surface area contributed by atoms with Crippen molar-refractivity contribution in [2.24, 2.45) is 0 Å². The van der Waals surface area contributed by atoms with Crippen LogP contribution in [0, 0.1) is 13.8 Å². The number of amides is 1. The number of para-hydroxylation sites is 1. The van der Waals surface area contributed by atoms with E-state index in [0.29, 0.717) is 18.7 Å². The van der Waals surface area contributed by atoms with E-state index < -0.39 is 0 Å². The van der Waals surface area contributed by atoms with Crippen molar-refractivity contribution in [3.63, 3.8) is 0 Å². The first-order valence-electron chi connectivity index (χ1n) is 11.2. The third kappa shape index (κ3) is 5.73. The van der Waals surface area contributed by atoms with Crippen LogP contribution in [0.5, 0.6) is 5.75 Å². The molecular formula is C25H31N5O2. The van der Waals surface area contributed by atoms with Gasteiger partial charge in [-0.2, -0.15) is 0 Å². The first kappa shape index (κ1) is 22.0. The van der Waals surface area contributed by atoms with Crippen LogP contribution in [0.25, 0.3) is 0 Å². The number of rotatable bonds is 8. The smallest absolute Gasteiger partial charge is 0.257 e. The van der Waals surface area contributed by atoms with E-state index in [-0.39, 0.29) is 12.5 Å². The molecule has 0 aliphatic carbocycles. The van der Waals surface area contributed by atoms with Gasteiger partial charge in [-0.3, -0.25) is 9.69 Å². The molecule has 0 radical (unpaired) electrons. The summed E-state index contributed by atoms with van der Waals surface area (Å²) >= 11 is 0. The molecule has 7 heteroatoms. The Bertz CT molecular complexity index is 1050. The summed E-state index contributed by atoms with van der Waals surface area (Å²) in [6, 6.07) is 16.0. The zero-order valence-corrected chi connectivity index (χ0v) is 18.9. The van der Waals surface area contributed by atoms with E-state index in [9.17, 15) is 4.79 Å². The van der Waals surface area contributed by atoms with E-state index in [1.165, 1.54) is 16.7 Å². The fourth-order valence-electron chi connectivity index (χ4n) is 4.01.